The van der Waals surface area contributed by atoms with Crippen LogP contribution in [0.4, 0.5) is 5.95 Å². The fraction of sp³-hybridized carbons (Fsp3) is 0.786. The summed E-state index contributed by atoms with van der Waals surface area (Å²) in [6.07, 6.45) is 5.91. The summed E-state index contributed by atoms with van der Waals surface area (Å²) >= 11 is 5.98. The molecule has 0 aromatic carbocycles. The summed E-state index contributed by atoms with van der Waals surface area (Å²) in [5, 5.41) is 0.207. The molecular formula is C14H23ClN4O. The zero-order valence-electron chi connectivity index (χ0n) is 12.3. The van der Waals surface area contributed by atoms with Crippen molar-refractivity contribution in [2.75, 3.05) is 24.6 Å². The third-order valence-electron chi connectivity index (χ3n) is 3.49. The molecule has 1 aromatic rings. The smallest absolute Gasteiger partial charge is 0.322 e. The SMILES string of the molecule is CCCC(C)COc1nc(Cl)nc(N2CCCCC2)n1. The second-order valence-electron chi connectivity index (χ2n) is 5.44. The van der Waals surface area contributed by atoms with Crippen LogP contribution in [0.25, 0.3) is 0 Å². The highest BCUT2D eigenvalue weighted by Gasteiger charge is 2.16. The Labute approximate surface area is 125 Å². The first kappa shape index (κ1) is 15.3. The second kappa shape index (κ2) is 7.62. The van der Waals surface area contributed by atoms with E-state index in [1.807, 2.05) is 0 Å². The minimum atomic E-state index is 0.207. The average molecular weight is 299 g/mol. The predicted molar refractivity (Wildman–Crippen MR) is 80.5 cm³/mol. The lowest BCUT2D eigenvalue weighted by molar-refractivity contribution is 0.233. The van der Waals surface area contributed by atoms with Gasteiger partial charge in [0.25, 0.3) is 0 Å². The second-order valence-corrected chi connectivity index (χ2v) is 5.78. The van der Waals surface area contributed by atoms with E-state index in [9.17, 15) is 0 Å². The molecule has 1 unspecified atom stereocenters. The van der Waals surface area contributed by atoms with Crippen LogP contribution in [0.15, 0.2) is 0 Å². The Kier molecular flexibility index (Phi) is 5.83. The van der Waals surface area contributed by atoms with E-state index in [1.54, 1.807) is 0 Å². The number of aromatic nitrogens is 3. The summed E-state index contributed by atoms with van der Waals surface area (Å²) < 4.78 is 5.66. The van der Waals surface area contributed by atoms with Gasteiger partial charge in [-0.15, -0.1) is 0 Å². The minimum absolute atomic E-state index is 0.207. The maximum atomic E-state index is 5.98. The Morgan fingerprint density at radius 1 is 1.20 bits per heavy atom. The first-order valence-corrected chi connectivity index (χ1v) is 7.86. The van der Waals surface area contributed by atoms with Crippen molar-refractivity contribution in [1.29, 1.82) is 0 Å². The van der Waals surface area contributed by atoms with Gasteiger partial charge < -0.3 is 9.64 Å². The van der Waals surface area contributed by atoms with Gasteiger partial charge in [-0.05, 0) is 43.2 Å². The minimum Gasteiger partial charge on any atom is -0.463 e. The molecule has 1 aromatic heterocycles. The Balaban J connectivity index is 2.00. The number of nitrogens with zero attached hydrogens (tertiary/aromatic N) is 4. The lowest BCUT2D eigenvalue weighted by Crippen LogP contribution is -2.31. The van der Waals surface area contributed by atoms with E-state index in [0.29, 0.717) is 24.5 Å². The fourth-order valence-electron chi connectivity index (χ4n) is 2.41. The molecule has 0 aliphatic carbocycles. The normalized spacial score (nSPS) is 17.1. The molecule has 2 rings (SSSR count). The molecule has 0 radical (unpaired) electrons. The molecule has 0 amide bonds. The molecular weight excluding hydrogens is 276 g/mol. The maximum absolute atomic E-state index is 5.98. The Hall–Kier alpha value is -1.10. The van der Waals surface area contributed by atoms with Crippen molar-refractivity contribution in [2.24, 2.45) is 5.92 Å². The lowest BCUT2D eigenvalue weighted by atomic mass is 10.1. The van der Waals surface area contributed by atoms with Gasteiger partial charge in [-0.25, -0.2) is 0 Å². The van der Waals surface area contributed by atoms with E-state index >= 15 is 0 Å². The summed E-state index contributed by atoms with van der Waals surface area (Å²) in [4.78, 5) is 14.8. The molecule has 2 heterocycles. The van der Waals surface area contributed by atoms with Crippen LogP contribution < -0.4 is 9.64 Å². The number of piperidine rings is 1. The number of hydrogen-bond acceptors (Lipinski definition) is 5. The van der Waals surface area contributed by atoms with Crippen LogP contribution in [0, 0.1) is 5.92 Å². The van der Waals surface area contributed by atoms with Crippen molar-refractivity contribution < 1.29 is 4.74 Å². The van der Waals surface area contributed by atoms with Crippen molar-refractivity contribution in [1.82, 2.24) is 15.0 Å². The standard InChI is InChI=1S/C14H23ClN4O/c1-3-7-11(2)10-20-14-17-12(15)16-13(18-14)19-8-5-4-6-9-19/h11H,3-10H2,1-2H3. The van der Waals surface area contributed by atoms with Crippen LogP contribution in [0.2, 0.25) is 5.28 Å². The first-order valence-electron chi connectivity index (χ1n) is 7.48. The third kappa shape index (κ3) is 4.47. The maximum Gasteiger partial charge on any atom is 0.322 e. The summed E-state index contributed by atoms with van der Waals surface area (Å²) in [5.41, 5.74) is 0. The van der Waals surface area contributed by atoms with Crippen LogP contribution in [-0.4, -0.2) is 34.6 Å². The van der Waals surface area contributed by atoms with Crippen LogP contribution in [0.3, 0.4) is 0 Å². The zero-order chi connectivity index (χ0) is 14.4. The van der Waals surface area contributed by atoms with E-state index < -0.39 is 0 Å². The summed E-state index contributed by atoms with van der Waals surface area (Å²) in [7, 11) is 0. The molecule has 1 aliphatic heterocycles. The number of hydrogen-bond donors (Lipinski definition) is 0. The number of anilines is 1. The third-order valence-corrected chi connectivity index (χ3v) is 3.66. The van der Waals surface area contributed by atoms with Gasteiger partial charge in [0.2, 0.25) is 11.2 Å². The molecule has 20 heavy (non-hydrogen) atoms. The van der Waals surface area contributed by atoms with Gasteiger partial charge in [-0.2, -0.15) is 15.0 Å². The van der Waals surface area contributed by atoms with Crippen molar-refractivity contribution >= 4 is 17.5 Å². The van der Waals surface area contributed by atoms with Crippen molar-refractivity contribution in [3.63, 3.8) is 0 Å². The van der Waals surface area contributed by atoms with E-state index in [1.165, 1.54) is 19.3 Å². The van der Waals surface area contributed by atoms with Crippen molar-refractivity contribution in [2.45, 2.75) is 46.0 Å². The van der Waals surface area contributed by atoms with Crippen molar-refractivity contribution in [3.8, 4) is 6.01 Å². The average Bonchev–Trinajstić information content (AvgIpc) is 2.46. The highest BCUT2D eigenvalue weighted by molar-refractivity contribution is 6.28. The monoisotopic (exact) mass is 298 g/mol. The Bertz CT molecular complexity index is 424. The van der Waals surface area contributed by atoms with Crippen LogP contribution in [0.5, 0.6) is 6.01 Å². The lowest BCUT2D eigenvalue weighted by Gasteiger charge is -2.26. The number of halogens is 1. The highest BCUT2D eigenvalue weighted by Crippen LogP contribution is 2.19. The largest absolute Gasteiger partial charge is 0.463 e. The van der Waals surface area contributed by atoms with E-state index in [-0.39, 0.29) is 5.28 Å². The highest BCUT2D eigenvalue weighted by atomic mass is 35.5. The number of rotatable bonds is 6. The van der Waals surface area contributed by atoms with Gasteiger partial charge in [-0.3, -0.25) is 0 Å². The van der Waals surface area contributed by atoms with Crippen LogP contribution in [0.1, 0.15) is 46.0 Å². The topological polar surface area (TPSA) is 51.1 Å². The van der Waals surface area contributed by atoms with Gasteiger partial charge in [0.05, 0.1) is 6.61 Å². The van der Waals surface area contributed by atoms with Crippen molar-refractivity contribution in [3.05, 3.63) is 5.28 Å². The molecule has 112 valence electrons. The first-order chi connectivity index (χ1) is 9.69. The van der Waals surface area contributed by atoms with Gasteiger partial charge in [0.1, 0.15) is 0 Å². The molecule has 0 N–H and O–H groups in total. The molecule has 1 aliphatic rings. The quantitative estimate of drug-likeness (QED) is 0.806. The molecule has 5 nitrogen and oxygen atoms in total. The van der Waals surface area contributed by atoms with Gasteiger partial charge >= 0.3 is 6.01 Å². The predicted octanol–water partition coefficient (Wildman–Crippen LogP) is 3.33. The molecule has 0 saturated carbocycles. The Morgan fingerprint density at radius 3 is 2.65 bits per heavy atom. The van der Waals surface area contributed by atoms with Crippen LogP contribution >= 0.6 is 11.6 Å². The van der Waals surface area contributed by atoms with Crippen LogP contribution in [-0.2, 0) is 0 Å². The summed E-state index contributed by atoms with van der Waals surface area (Å²) in [5.74, 6) is 1.14. The molecule has 0 spiro atoms. The molecule has 6 heteroatoms. The van der Waals surface area contributed by atoms with Gasteiger partial charge in [0, 0.05) is 13.1 Å². The van der Waals surface area contributed by atoms with Gasteiger partial charge in [-0.1, -0.05) is 20.3 Å². The molecule has 1 fully saturated rings. The zero-order valence-corrected chi connectivity index (χ0v) is 13.1. The summed E-state index contributed by atoms with van der Waals surface area (Å²) in [6, 6.07) is 0.341. The fourth-order valence-corrected chi connectivity index (χ4v) is 2.56. The van der Waals surface area contributed by atoms with E-state index in [4.69, 9.17) is 16.3 Å². The van der Waals surface area contributed by atoms with E-state index in [2.05, 4.69) is 33.7 Å². The Morgan fingerprint density at radius 2 is 1.95 bits per heavy atom. The molecule has 0 bridgehead atoms. The van der Waals surface area contributed by atoms with E-state index in [0.717, 1.165) is 25.9 Å². The number of ether oxygens (including phenoxy) is 1. The molecule has 1 atom stereocenters. The summed E-state index contributed by atoms with van der Waals surface area (Å²) in [6.45, 7) is 6.91. The molecule has 1 saturated heterocycles. The van der Waals surface area contributed by atoms with Gasteiger partial charge in [0.15, 0.2) is 0 Å².